The summed E-state index contributed by atoms with van der Waals surface area (Å²) in [4.78, 5) is 0. The van der Waals surface area contributed by atoms with Crippen LogP contribution in [0.4, 0.5) is 4.39 Å². The average molecular weight is 217 g/mol. The predicted octanol–water partition coefficient (Wildman–Crippen LogP) is 2.22. The molecule has 1 aromatic rings. The molecule has 0 spiro atoms. The van der Waals surface area contributed by atoms with Crippen molar-refractivity contribution in [2.24, 2.45) is 11.5 Å². The van der Waals surface area contributed by atoms with E-state index in [1.807, 2.05) is 0 Å². The lowest BCUT2D eigenvalue weighted by atomic mass is 10.0. The molecule has 0 saturated carbocycles. The Kier molecular flexibility index (Phi) is 4.32. The molecule has 0 radical (unpaired) electrons. The quantitative estimate of drug-likeness (QED) is 0.811. The molecule has 0 aliphatic heterocycles. The van der Waals surface area contributed by atoms with Crippen LogP contribution in [-0.4, -0.2) is 6.54 Å². The summed E-state index contributed by atoms with van der Waals surface area (Å²) < 4.78 is 13.3. The summed E-state index contributed by atoms with van der Waals surface area (Å²) in [7, 11) is 0. The minimum Gasteiger partial charge on any atom is -0.330 e. The number of rotatable bonds is 4. The normalized spacial score (nSPS) is 12.9. The van der Waals surface area contributed by atoms with Crippen molar-refractivity contribution in [1.82, 2.24) is 0 Å². The summed E-state index contributed by atoms with van der Waals surface area (Å²) in [6.07, 6.45) is 1.42. The highest BCUT2D eigenvalue weighted by molar-refractivity contribution is 6.31. The Balaban J connectivity index is 2.82. The number of nitrogens with two attached hydrogens (primary N) is 2. The van der Waals surface area contributed by atoms with Gasteiger partial charge in [0.25, 0.3) is 0 Å². The fraction of sp³-hybridized carbons (Fsp3) is 0.400. The molecule has 1 aromatic carbocycles. The first-order chi connectivity index (χ1) is 6.66. The van der Waals surface area contributed by atoms with Gasteiger partial charge in [-0.15, -0.1) is 0 Å². The molecule has 0 heterocycles. The van der Waals surface area contributed by atoms with Crippen molar-refractivity contribution in [3.05, 3.63) is 34.6 Å². The van der Waals surface area contributed by atoms with E-state index in [4.69, 9.17) is 23.1 Å². The lowest BCUT2D eigenvalue weighted by molar-refractivity contribution is 0.553. The van der Waals surface area contributed by atoms with Gasteiger partial charge in [0.15, 0.2) is 0 Å². The predicted molar refractivity (Wildman–Crippen MR) is 56.6 cm³/mol. The minimum absolute atomic E-state index is 0.345. The highest BCUT2D eigenvalue weighted by atomic mass is 35.5. The summed E-state index contributed by atoms with van der Waals surface area (Å²) in [5.41, 5.74) is 11.5. The zero-order chi connectivity index (χ0) is 10.6. The van der Waals surface area contributed by atoms with Crippen LogP contribution in [0.1, 0.15) is 24.4 Å². The van der Waals surface area contributed by atoms with Crippen LogP contribution in [-0.2, 0) is 0 Å². The molecule has 1 rings (SSSR count). The molecule has 0 aliphatic carbocycles. The first-order valence-electron chi connectivity index (χ1n) is 4.56. The lowest BCUT2D eigenvalue weighted by Crippen LogP contribution is -2.14. The molecular weight excluding hydrogens is 203 g/mol. The van der Waals surface area contributed by atoms with E-state index in [0.29, 0.717) is 23.6 Å². The molecule has 0 unspecified atom stereocenters. The maximum Gasteiger partial charge on any atom is 0.129 e. The Bertz CT molecular complexity index is 284. The van der Waals surface area contributed by atoms with Gasteiger partial charge in [0.1, 0.15) is 5.82 Å². The van der Waals surface area contributed by atoms with Gasteiger partial charge in [-0.2, -0.15) is 0 Å². The fourth-order valence-corrected chi connectivity index (χ4v) is 1.65. The van der Waals surface area contributed by atoms with Crippen molar-refractivity contribution in [3.63, 3.8) is 0 Å². The smallest absolute Gasteiger partial charge is 0.129 e. The third kappa shape index (κ3) is 2.67. The van der Waals surface area contributed by atoms with E-state index in [0.717, 1.165) is 6.42 Å². The van der Waals surface area contributed by atoms with Gasteiger partial charge in [0, 0.05) is 16.6 Å². The van der Waals surface area contributed by atoms with Gasteiger partial charge in [-0.05, 0) is 31.5 Å². The van der Waals surface area contributed by atoms with Crippen molar-refractivity contribution in [2.75, 3.05) is 6.54 Å². The van der Waals surface area contributed by atoms with Crippen LogP contribution in [0.3, 0.4) is 0 Å². The second-order valence-corrected chi connectivity index (χ2v) is 3.58. The number of hydrogen-bond acceptors (Lipinski definition) is 2. The summed E-state index contributed by atoms with van der Waals surface area (Å²) >= 11 is 5.85. The van der Waals surface area contributed by atoms with E-state index in [1.54, 1.807) is 12.1 Å². The number of halogens is 2. The molecule has 4 N–H and O–H groups in total. The standard InChI is InChI=1S/C10H14ClFN2/c11-7-3-1-4-8(12)10(7)9(14)5-2-6-13/h1,3-4,9H,2,5-6,13-14H2/t9-/m1/s1. The van der Waals surface area contributed by atoms with Gasteiger partial charge in [0.2, 0.25) is 0 Å². The number of benzene rings is 1. The Morgan fingerprint density at radius 2 is 2.14 bits per heavy atom. The van der Waals surface area contributed by atoms with Gasteiger partial charge < -0.3 is 11.5 Å². The summed E-state index contributed by atoms with van der Waals surface area (Å²) in [5, 5.41) is 0.384. The largest absolute Gasteiger partial charge is 0.330 e. The lowest BCUT2D eigenvalue weighted by Gasteiger charge is -2.13. The number of hydrogen-bond donors (Lipinski definition) is 2. The SMILES string of the molecule is NCCC[C@@H](N)c1c(F)cccc1Cl. The molecule has 14 heavy (non-hydrogen) atoms. The van der Waals surface area contributed by atoms with E-state index >= 15 is 0 Å². The van der Waals surface area contributed by atoms with E-state index in [1.165, 1.54) is 6.07 Å². The molecule has 1 atom stereocenters. The maximum absolute atomic E-state index is 13.3. The summed E-state index contributed by atoms with van der Waals surface area (Å²) in [6, 6.07) is 4.20. The zero-order valence-corrected chi connectivity index (χ0v) is 8.60. The van der Waals surface area contributed by atoms with E-state index in [9.17, 15) is 4.39 Å². The van der Waals surface area contributed by atoms with Crippen LogP contribution in [0.2, 0.25) is 5.02 Å². The average Bonchev–Trinajstić information content (AvgIpc) is 2.14. The second-order valence-electron chi connectivity index (χ2n) is 3.17. The van der Waals surface area contributed by atoms with Crippen LogP contribution in [0.15, 0.2) is 18.2 Å². The monoisotopic (exact) mass is 216 g/mol. The molecule has 0 aromatic heterocycles. The van der Waals surface area contributed by atoms with Crippen LogP contribution in [0.5, 0.6) is 0 Å². The van der Waals surface area contributed by atoms with Crippen molar-refractivity contribution in [2.45, 2.75) is 18.9 Å². The topological polar surface area (TPSA) is 52.0 Å². The molecular formula is C10H14ClFN2. The third-order valence-electron chi connectivity index (χ3n) is 2.09. The van der Waals surface area contributed by atoms with Gasteiger partial charge in [-0.3, -0.25) is 0 Å². The van der Waals surface area contributed by atoms with E-state index < -0.39 is 0 Å². The zero-order valence-electron chi connectivity index (χ0n) is 7.84. The Morgan fingerprint density at radius 1 is 1.43 bits per heavy atom. The Hall–Kier alpha value is -0.640. The van der Waals surface area contributed by atoms with E-state index in [-0.39, 0.29) is 11.9 Å². The van der Waals surface area contributed by atoms with Crippen molar-refractivity contribution in [3.8, 4) is 0 Å². The molecule has 0 amide bonds. The van der Waals surface area contributed by atoms with Crippen LogP contribution in [0, 0.1) is 5.82 Å². The second kappa shape index (κ2) is 5.29. The third-order valence-corrected chi connectivity index (χ3v) is 2.42. The highest BCUT2D eigenvalue weighted by Gasteiger charge is 2.14. The molecule has 0 saturated heterocycles. The summed E-state index contributed by atoms with van der Waals surface area (Å²) in [5.74, 6) is -0.345. The molecule has 78 valence electrons. The molecule has 2 nitrogen and oxygen atoms in total. The molecule has 0 bridgehead atoms. The molecule has 4 heteroatoms. The first kappa shape index (κ1) is 11.4. The van der Waals surface area contributed by atoms with E-state index in [2.05, 4.69) is 0 Å². The van der Waals surface area contributed by atoms with Gasteiger partial charge in [0.05, 0.1) is 0 Å². The fourth-order valence-electron chi connectivity index (χ4n) is 1.35. The van der Waals surface area contributed by atoms with Gasteiger partial charge >= 0.3 is 0 Å². The van der Waals surface area contributed by atoms with Gasteiger partial charge in [-0.25, -0.2) is 4.39 Å². The Morgan fingerprint density at radius 3 is 2.71 bits per heavy atom. The first-order valence-corrected chi connectivity index (χ1v) is 4.94. The van der Waals surface area contributed by atoms with Crippen LogP contribution < -0.4 is 11.5 Å². The minimum atomic E-state index is -0.368. The van der Waals surface area contributed by atoms with Crippen LogP contribution >= 0.6 is 11.6 Å². The van der Waals surface area contributed by atoms with Crippen LogP contribution in [0.25, 0.3) is 0 Å². The highest BCUT2D eigenvalue weighted by Crippen LogP contribution is 2.26. The van der Waals surface area contributed by atoms with Crippen molar-refractivity contribution < 1.29 is 4.39 Å². The molecule has 0 aliphatic rings. The maximum atomic E-state index is 13.3. The van der Waals surface area contributed by atoms with Crippen molar-refractivity contribution in [1.29, 1.82) is 0 Å². The molecule has 0 fully saturated rings. The van der Waals surface area contributed by atoms with Crippen molar-refractivity contribution >= 4 is 11.6 Å². The summed E-state index contributed by atoms with van der Waals surface area (Å²) in [6.45, 7) is 0.555. The van der Waals surface area contributed by atoms with Gasteiger partial charge in [-0.1, -0.05) is 17.7 Å². The Labute approximate surface area is 88.0 Å².